The Morgan fingerprint density at radius 3 is 2.83 bits per heavy atom. The van der Waals surface area contributed by atoms with Gasteiger partial charge in [-0.2, -0.15) is 10.1 Å². The van der Waals surface area contributed by atoms with Gasteiger partial charge in [-0.25, -0.2) is 9.07 Å². The molecule has 8 heteroatoms. The number of aromatic nitrogens is 6. The summed E-state index contributed by atoms with van der Waals surface area (Å²) in [4.78, 5) is 6.38. The Balaban J connectivity index is 1.58. The van der Waals surface area contributed by atoms with E-state index >= 15 is 0 Å². The molecule has 7 nitrogen and oxygen atoms in total. The summed E-state index contributed by atoms with van der Waals surface area (Å²) in [6.45, 7) is 2.16. The highest BCUT2D eigenvalue weighted by Crippen LogP contribution is 2.19. The summed E-state index contributed by atoms with van der Waals surface area (Å²) in [5, 5.41) is 12.6. The van der Waals surface area contributed by atoms with Crippen LogP contribution in [0, 0.1) is 5.82 Å². The second-order valence-electron chi connectivity index (χ2n) is 5.56. The molecule has 0 saturated heterocycles. The smallest absolute Gasteiger partial charge is 0.223 e. The lowest BCUT2D eigenvalue weighted by Gasteiger charge is -2.28. The van der Waals surface area contributed by atoms with Gasteiger partial charge in [0.25, 0.3) is 0 Å². The molecule has 1 aromatic carbocycles. The zero-order valence-electron chi connectivity index (χ0n) is 12.7. The number of fused-ring (bicyclic) bond motifs is 1. The van der Waals surface area contributed by atoms with Crippen molar-refractivity contribution in [2.45, 2.75) is 19.5 Å². The predicted molar refractivity (Wildman–Crippen MR) is 81.3 cm³/mol. The third-order valence-corrected chi connectivity index (χ3v) is 4.11. The molecule has 0 atom stereocenters. The summed E-state index contributed by atoms with van der Waals surface area (Å²) < 4.78 is 17.6. The molecule has 0 unspecified atom stereocenters. The van der Waals surface area contributed by atoms with Gasteiger partial charge in [-0.05, 0) is 11.6 Å². The van der Waals surface area contributed by atoms with E-state index in [-0.39, 0.29) is 5.82 Å². The molecule has 0 radical (unpaired) electrons. The number of benzene rings is 1. The molecule has 0 saturated carbocycles. The van der Waals surface area contributed by atoms with Crippen molar-refractivity contribution in [1.82, 2.24) is 29.5 Å². The van der Waals surface area contributed by atoms with Crippen molar-refractivity contribution in [2.24, 2.45) is 7.05 Å². The first kappa shape index (κ1) is 13.9. The molecule has 1 aliphatic rings. The maximum Gasteiger partial charge on any atom is 0.223 e. The third-order valence-electron chi connectivity index (χ3n) is 4.11. The van der Waals surface area contributed by atoms with Crippen LogP contribution in [0.1, 0.15) is 17.2 Å². The lowest BCUT2D eigenvalue weighted by atomic mass is 10.1. The molecule has 0 aliphatic carbocycles. The molecule has 4 rings (SSSR count). The Hall–Kier alpha value is -2.77. The number of hydrogen-bond donors (Lipinski definition) is 0. The second-order valence-corrected chi connectivity index (χ2v) is 5.56. The van der Waals surface area contributed by atoms with Crippen molar-refractivity contribution >= 4 is 5.95 Å². The number of aryl methyl sites for hydroxylation is 1. The molecule has 3 heterocycles. The Morgan fingerprint density at radius 1 is 1.17 bits per heavy atom. The van der Waals surface area contributed by atoms with Crippen molar-refractivity contribution in [3.05, 3.63) is 53.6 Å². The lowest BCUT2D eigenvalue weighted by molar-refractivity contribution is 0.528. The first-order valence-electron chi connectivity index (χ1n) is 7.45. The van der Waals surface area contributed by atoms with Gasteiger partial charge in [0.05, 0.1) is 6.54 Å². The molecule has 3 aromatic rings. The van der Waals surface area contributed by atoms with Crippen LogP contribution in [-0.4, -0.2) is 36.1 Å². The Kier molecular flexibility index (Phi) is 3.29. The van der Waals surface area contributed by atoms with Gasteiger partial charge in [0.1, 0.15) is 18.0 Å². The van der Waals surface area contributed by atoms with E-state index in [1.807, 2.05) is 13.1 Å². The minimum Gasteiger partial charge on any atom is -0.332 e. The predicted octanol–water partition coefficient (Wildman–Crippen LogP) is 1.16. The van der Waals surface area contributed by atoms with Crippen LogP contribution in [0.4, 0.5) is 10.3 Å². The Labute approximate surface area is 132 Å². The van der Waals surface area contributed by atoms with Crippen molar-refractivity contribution in [1.29, 1.82) is 0 Å². The van der Waals surface area contributed by atoms with Crippen molar-refractivity contribution < 1.29 is 4.39 Å². The topological polar surface area (TPSA) is 64.7 Å². The van der Waals surface area contributed by atoms with Crippen LogP contribution in [0.2, 0.25) is 0 Å². The van der Waals surface area contributed by atoms with E-state index < -0.39 is 0 Å². The minimum absolute atomic E-state index is 0.207. The SMILES string of the molecule is Cn1ncnc1N1CCn2c(Cc3ccccc3F)nnc2C1. The first-order chi connectivity index (χ1) is 11.2. The van der Waals surface area contributed by atoms with E-state index in [9.17, 15) is 4.39 Å². The van der Waals surface area contributed by atoms with E-state index in [1.54, 1.807) is 16.8 Å². The van der Waals surface area contributed by atoms with Crippen LogP contribution in [0.15, 0.2) is 30.6 Å². The van der Waals surface area contributed by atoms with Gasteiger partial charge >= 0.3 is 0 Å². The molecule has 0 spiro atoms. The standard InChI is InChI=1S/C15H16FN7/c1-21-15(17-10-18-21)22-6-7-23-13(19-20-14(23)9-22)8-11-4-2-3-5-12(11)16/h2-5,10H,6-9H2,1H3. The van der Waals surface area contributed by atoms with Gasteiger partial charge in [0, 0.05) is 26.6 Å². The zero-order valence-corrected chi connectivity index (χ0v) is 12.7. The molecule has 1 aliphatic heterocycles. The number of hydrogen-bond acceptors (Lipinski definition) is 5. The summed E-state index contributed by atoms with van der Waals surface area (Å²) in [6, 6.07) is 6.78. The van der Waals surface area contributed by atoms with E-state index in [0.29, 0.717) is 18.5 Å². The Morgan fingerprint density at radius 2 is 2.04 bits per heavy atom. The highest BCUT2D eigenvalue weighted by Gasteiger charge is 2.23. The fraction of sp³-hybridized carbons (Fsp3) is 0.333. The Bertz CT molecular complexity index is 838. The van der Waals surface area contributed by atoms with E-state index in [1.165, 1.54) is 12.4 Å². The van der Waals surface area contributed by atoms with Crippen LogP contribution in [-0.2, 0) is 26.6 Å². The molecule has 0 N–H and O–H groups in total. The summed E-state index contributed by atoms with van der Waals surface area (Å²) in [6.07, 6.45) is 1.99. The zero-order chi connectivity index (χ0) is 15.8. The third kappa shape index (κ3) is 2.45. The maximum atomic E-state index is 13.8. The summed E-state index contributed by atoms with van der Waals surface area (Å²) in [7, 11) is 1.87. The highest BCUT2D eigenvalue weighted by molar-refractivity contribution is 5.31. The minimum atomic E-state index is -0.207. The average Bonchev–Trinajstić information content (AvgIpc) is 3.15. The molecule has 0 fully saturated rings. The normalized spacial score (nSPS) is 14.1. The van der Waals surface area contributed by atoms with Crippen LogP contribution in [0.5, 0.6) is 0 Å². The van der Waals surface area contributed by atoms with Gasteiger partial charge in [0.15, 0.2) is 5.82 Å². The maximum absolute atomic E-state index is 13.8. The highest BCUT2D eigenvalue weighted by atomic mass is 19.1. The largest absolute Gasteiger partial charge is 0.332 e. The fourth-order valence-electron chi connectivity index (χ4n) is 2.91. The molecule has 0 bridgehead atoms. The molecule has 2 aromatic heterocycles. The number of nitrogens with zero attached hydrogens (tertiary/aromatic N) is 7. The quantitative estimate of drug-likeness (QED) is 0.726. The molecular formula is C15H16FN7. The number of rotatable bonds is 3. The van der Waals surface area contributed by atoms with Gasteiger partial charge in [-0.3, -0.25) is 0 Å². The van der Waals surface area contributed by atoms with Gasteiger partial charge in [0.2, 0.25) is 5.95 Å². The molecule has 23 heavy (non-hydrogen) atoms. The van der Waals surface area contributed by atoms with Crippen molar-refractivity contribution in [3.8, 4) is 0 Å². The summed E-state index contributed by atoms with van der Waals surface area (Å²) in [5.74, 6) is 2.27. The van der Waals surface area contributed by atoms with E-state index in [2.05, 4.69) is 29.7 Å². The van der Waals surface area contributed by atoms with Gasteiger partial charge in [-0.1, -0.05) is 18.2 Å². The van der Waals surface area contributed by atoms with Crippen LogP contribution < -0.4 is 4.90 Å². The van der Waals surface area contributed by atoms with Gasteiger partial charge < -0.3 is 9.47 Å². The molecule has 118 valence electrons. The molecular weight excluding hydrogens is 297 g/mol. The van der Waals surface area contributed by atoms with Crippen molar-refractivity contribution in [3.63, 3.8) is 0 Å². The second kappa shape index (κ2) is 5.45. The van der Waals surface area contributed by atoms with Gasteiger partial charge in [-0.15, -0.1) is 10.2 Å². The lowest BCUT2D eigenvalue weighted by Crippen LogP contribution is -2.36. The molecule has 0 amide bonds. The monoisotopic (exact) mass is 313 g/mol. The van der Waals surface area contributed by atoms with E-state index in [0.717, 1.165) is 30.7 Å². The number of anilines is 1. The summed E-state index contributed by atoms with van der Waals surface area (Å²) >= 11 is 0. The van der Waals surface area contributed by atoms with Crippen molar-refractivity contribution in [2.75, 3.05) is 11.4 Å². The summed E-state index contributed by atoms with van der Waals surface area (Å²) in [5.41, 5.74) is 0.637. The van der Waals surface area contributed by atoms with E-state index in [4.69, 9.17) is 0 Å². The van der Waals surface area contributed by atoms with Crippen LogP contribution in [0.25, 0.3) is 0 Å². The number of halogens is 1. The fourth-order valence-corrected chi connectivity index (χ4v) is 2.91. The first-order valence-corrected chi connectivity index (χ1v) is 7.45. The van der Waals surface area contributed by atoms with Crippen LogP contribution in [0.3, 0.4) is 0 Å². The van der Waals surface area contributed by atoms with Crippen LogP contribution >= 0.6 is 0 Å². The average molecular weight is 313 g/mol.